The summed E-state index contributed by atoms with van der Waals surface area (Å²) in [5, 5.41) is 17.2. The lowest BCUT2D eigenvalue weighted by atomic mass is 9.91. The number of likely N-dealkylation sites (N-methyl/N-ethyl adjacent to an activating group) is 1. The first-order chi connectivity index (χ1) is 14.8. The second kappa shape index (κ2) is 10.4. The van der Waals surface area contributed by atoms with Crippen LogP contribution in [-0.2, 0) is 17.6 Å². The lowest BCUT2D eigenvalue weighted by Gasteiger charge is -2.35. The number of benzene rings is 2. The number of piperazine rings is 1. The maximum Gasteiger partial charge on any atom is 0.335 e. The predicted octanol–water partition coefficient (Wildman–Crippen LogP) is 3.54. The molecule has 2 aromatic carbocycles. The lowest BCUT2D eigenvalue weighted by Crippen LogP contribution is -2.44. The summed E-state index contributed by atoms with van der Waals surface area (Å²) in [5.41, 5.74) is 3.65. The number of nitrogens with one attached hydrogen (secondary N) is 1. The van der Waals surface area contributed by atoms with Crippen LogP contribution in [0.15, 0.2) is 48.5 Å². The van der Waals surface area contributed by atoms with E-state index in [9.17, 15) is 9.59 Å². The zero-order valence-electron chi connectivity index (χ0n) is 18.3. The highest BCUT2D eigenvalue weighted by molar-refractivity contribution is 6.39. The topological polar surface area (TPSA) is 84.7 Å². The van der Waals surface area contributed by atoms with E-state index in [1.54, 1.807) is 24.3 Å². The number of Topliss-reactive ketones (excluding diaryl/α,β-unsaturated/α-hetero) is 1. The van der Waals surface area contributed by atoms with Crippen molar-refractivity contribution in [2.45, 2.75) is 26.2 Å². The van der Waals surface area contributed by atoms with Crippen molar-refractivity contribution in [1.29, 1.82) is 5.41 Å². The Hall–Kier alpha value is -2.99. The number of aromatic carboxylic acids is 1. The van der Waals surface area contributed by atoms with Gasteiger partial charge in [-0.25, -0.2) is 4.79 Å². The van der Waals surface area contributed by atoms with Crippen LogP contribution >= 0.6 is 0 Å². The van der Waals surface area contributed by atoms with E-state index in [2.05, 4.69) is 29.0 Å². The third-order valence-corrected chi connectivity index (χ3v) is 5.97. The second-order valence-corrected chi connectivity index (χ2v) is 8.37. The third-order valence-electron chi connectivity index (χ3n) is 5.97. The maximum absolute atomic E-state index is 12.8. The summed E-state index contributed by atoms with van der Waals surface area (Å²) in [4.78, 5) is 28.5. The highest BCUT2D eigenvalue weighted by Crippen LogP contribution is 2.25. The van der Waals surface area contributed by atoms with Crippen LogP contribution in [0.5, 0.6) is 0 Å². The minimum Gasteiger partial charge on any atom is -0.478 e. The number of nitrogens with zero attached hydrogens (tertiary/aromatic N) is 2. The van der Waals surface area contributed by atoms with E-state index < -0.39 is 5.97 Å². The molecule has 2 aromatic rings. The van der Waals surface area contributed by atoms with E-state index in [0.717, 1.165) is 37.3 Å². The lowest BCUT2D eigenvalue weighted by molar-refractivity contribution is -0.116. The number of aryl methyl sites for hydroxylation is 1. The van der Waals surface area contributed by atoms with E-state index in [1.165, 1.54) is 5.69 Å². The molecule has 0 amide bonds. The summed E-state index contributed by atoms with van der Waals surface area (Å²) in [6.45, 7) is 5.92. The molecule has 0 saturated carbocycles. The molecule has 6 nitrogen and oxygen atoms in total. The van der Waals surface area contributed by atoms with Gasteiger partial charge in [0.1, 0.15) is 0 Å². The zero-order valence-corrected chi connectivity index (χ0v) is 18.3. The van der Waals surface area contributed by atoms with Crippen molar-refractivity contribution in [2.24, 2.45) is 5.92 Å². The molecule has 31 heavy (non-hydrogen) atoms. The number of anilines is 1. The first kappa shape index (κ1) is 22.7. The molecule has 1 heterocycles. The van der Waals surface area contributed by atoms with E-state index in [0.29, 0.717) is 19.3 Å². The minimum absolute atomic E-state index is 0.115. The molecule has 3 rings (SSSR count). The van der Waals surface area contributed by atoms with Gasteiger partial charge in [0.2, 0.25) is 0 Å². The third kappa shape index (κ3) is 6.01. The van der Waals surface area contributed by atoms with Crippen LogP contribution in [-0.4, -0.2) is 60.7 Å². The van der Waals surface area contributed by atoms with Gasteiger partial charge in [-0.05, 0) is 55.6 Å². The standard InChI is InChI=1S/C25H31N3O3/c1-18(17-21-5-3-4-6-23(21)28-15-13-27(2)14-16-28)24(29)22(26)12-9-19-7-10-20(11-8-19)25(30)31/h3-8,10-11,18,26H,9,12-17H2,1-2H3,(H,30,31). The van der Waals surface area contributed by atoms with Crippen molar-refractivity contribution in [2.75, 3.05) is 38.1 Å². The fourth-order valence-electron chi connectivity index (χ4n) is 3.97. The summed E-state index contributed by atoms with van der Waals surface area (Å²) in [6, 6.07) is 14.9. The van der Waals surface area contributed by atoms with E-state index in [1.807, 2.05) is 19.1 Å². The van der Waals surface area contributed by atoms with E-state index in [-0.39, 0.29) is 23.0 Å². The van der Waals surface area contributed by atoms with Crippen LogP contribution in [0.3, 0.4) is 0 Å². The molecule has 1 atom stereocenters. The van der Waals surface area contributed by atoms with Crippen LogP contribution in [0.25, 0.3) is 0 Å². The Morgan fingerprint density at radius 3 is 2.32 bits per heavy atom. The summed E-state index contributed by atoms with van der Waals surface area (Å²) in [5.74, 6) is -1.33. The smallest absolute Gasteiger partial charge is 0.335 e. The van der Waals surface area contributed by atoms with Gasteiger partial charge in [0, 0.05) is 37.8 Å². The molecule has 164 valence electrons. The van der Waals surface area contributed by atoms with Gasteiger partial charge < -0.3 is 20.3 Å². The molecular formula is C25H31N3O3. The number of carbonyl (C=O) groups is 2. The number of para-hydroxylation sites is 1. The first-order valence-electron chi connectivity index (χ1n) is 10.8. The number of hydrogen-bond donors (Lipinski definition) is 2. The largest absolute Gasteiger partial charge is 0.478 e. The molecule has 1 aliphatic heterocycles. The Bertz CT molecular complexity index is 931. The molecule has 6 heteroatoms. The quantitative estimate of drug-likeness (QED) is 0.605. The maximum atomic E-state index is 12.8. The van der Waals surface area contributed by atoms with Crippen molar-refractivity contribution in [3.05, 3.63) is 65.2 Å². The van der Waals surface area contributed by atoms with Gasteiger partial charge in [-0.15, -0.1) is 0 Å². The van der Waals surface area contributed by atoms with Crippen LogP contribution in [0.1, 0.15) is 34.8 Å². The Morgan fingerprint density at radius 1 is 1.03 bits per heavy atom. The Kier molecular flexibility index (Phi) is 7.58. The Morgan fingerprint density at radius 2 is 1.68 bits per heavy atom. The number of rotatable bonds is 9. The number of carbonyl (C=O) groups excluding carboxylic acids is 1. The molecule has 0 radical (unpaired) electrons. The minimum atomic E-state index is -0.958. The number of carboxylic acids is 1. The van der Waals surface area contributed by atoms with Crippen LogP contribution in [0.2, 0.25) is 0 Å². The second-order valence-electron chi connectivity index (χ2n) is 8.37. The van der Waals surface area contributed by atoms with Gasteiger partial charge >= 0.3 is 5.97 Å². The normalized spacial score (nSPS) is 15.5. The molecular weight excluding hydrogens is 390 g/mol. The van der Waals surface area contributed by atoms with Gasteiger partial charge in [0.15, 0.2) is 5.78 Å². The fraction of sp³-hybridized carbons (Fsp3) is 0.400. The summed E-state index contributed by atoms with van der Waals surface area (Å²) in [6.07, 6.45) is 1.53. The summed E-state index contributed by atoms with van der Waals surface area (Å²) < 4.78 is 0. The van der Waals surface area contributed by atoms with Gasteiger partial charge in [0.25, 0.3) is 0 Å². The number of carboxylic acid groups (broad SMARTS) is 1. The van der Waals surface area contributed by atoms with Gasteiger partial charge in [0.05, 0.1) is 11.3 Å². The monoisotopic (exact) mass is 421 g/mol. The zero-order chi connectivity index (χ0) is 22.4. The SMILES string of the molecule is CC(Cc1ccccc1N1CCN(C)CC1)C(=O)C(=N)CCc1ccc(C(=O)O)cc1. The highest BCUT2D eigenvalue weighted by atomic mass is 16.4. The van der Waals surface area contributed by atoms with Gasteiger partial charge in [-0.3, -0.25) is 4.79 Å². The van der Waals surface area contributed by atoms with E-state index in [4.69, 9.17) is 10.5 Å². The van der Waals surface area contributed by atoms with E-state index >= 15 is 0 Å². The van der Waals surface area contributed by atoms with Crippen LogP contribution in [0.4, 0.5) is 5.69 Å². The average molecular weight is 422 g/mol. The van der Waals surface area contributed by atoms with Crippen LogP contribution < -0.4 is 4.90 Å². The predicted molar refractivity (Wildman–Crippen MR) is 123 cm³/mol. The van der Waals surface area contributed by atoms with Gasteiger partial charge in [-0.1, -0.05) is 37.3 Å². The molecule has 0 bridgehead atoms. The van der Waals surface area contributed by atoms with Crippen molar-refractivity contribution in [3.8, 4) is 0 Å². The van der Waals surface area contributed by atoms with Crippen molar-refractivity contribution >= 4 is 23.2 Å². The summed E-state index contributed by atoms with van der Waals surface area (Å²) in [7, 11) is 2.14. The number of hydrogen-bond acceptors (Lipinski definition) is 5. The highest BCUT2D eigenvalue weighted by Gasteiger charge is 2.22. The van der Waals surface area contributed by atoms with Crippen molar-refractivity contribution < 1.29 is 14.7 Å². The molecule has 0 aliphatic carbocycles. The molecule has 0 aromatic heterocycles. The molecule has 1 unspecified atom stereocenters. The first-order valence-corrected chi connectivity index (χ1v) is 10.8. The molecule has 2 N–H and O–H groups in total. The van der Waals surface area contributed by atoms with Gasteiger partial charge in [-0.2, -0.15) is 0 Å². The average Bonchev–Trinajstić information content (AvgIpc) is 2.78. The Labute approximate surface area is 184 Å². The van der Waals surface area contributed by atoms with Crippen molar-refractivity contribution in [3.63, 3.8) is 0 Å². The molecule has 1 aliphatic rings. The molecule has 1 saturated heterocycles. The fourth-order valence-corrected chi connectivity index (χ4v) is 3.97. The molecule has 1 fully saturated rings. The van der Waals surface area contributed by atoms with Crippen LogP contribution in [0, 0.1) is 11.3 Å². The summed E-state index contributed by atoms with van der Waals surface area (Å²) >= 11 is 0. The van der Waals surface area contributed by atoms with Crippen molar-refractivity contribution in [1.82, 2.24) is 4.90 Å². The number of ketones is 1. The Balaban J connectivity index is 1.57. The molecule has 0 spiro atoms.